The number of nitrogens with one attached hydrogen (secondary N) is 1. The van der Waals surface area contributed by atoms with Crippen molar-refractivity contribution in [2.45, 2.75) is 12.1 Å². The van der Waals surface area contributed by atoms with Crippen molar-refractivity contribution in [3.05, 3.63) is 101 Å². The van der Waals surface area contributed by atoms with Crippen molar-refractivity contribution in [1.82, 2.24) is 10.3 Å². The zero-order valence-electron chi connectivity index (χ0n) is 18.2. The quantitative estimate of drug-likeness (QED) is 0.233. The van der Waals surface area contributed by atoms with Crippen LogP contribution in [0.4, 0.5) is 11.4 Å². The van der Waals surface area contributed by atoms with Crippen LogP contribution in [0.15, 0.2) is 83.4 Å². The van der Waals surface area contributed by atoms with Crippen LogP contribution in [0.25, 0.3) is 11.3 Å². The van der Waals surface area contributed by atoms with Gasteiger partial charge in [-0.1, -0.05) is 18.2 Å². The largest absolute Gasteiger partial charge is 0.459 e. The van der Waals surface area contributed by atoms with E-state index in [-0.39, 0.29) is 18.5 Å². The number of nitro benzene ring substituents is 1. The van der Waals surface area contributed by atoms with Crippen LogP contribution in [-0.4, -0.2) is 21.8 Å². The highest BCUT2D eigenvalue weighted by Gasteiger charge is 2.43. The second kappa shape index (κ2) is 8.41. The van der Waals surface area contributed by atoms with Gasteiger partial charge in [0.25, 0.3) is 5.69 Å². The van der Waals surface area contributed by atoms with Gasteiger partial charge in [-0.25, -0.2) is 0 Å². The number of rotatable bonds is 5. The molecule has 0 aliphatic carbocycles. The number of nitrogens with zero attached hydrogens (tertiary/aromatic N) is 3. The first-order valence-corrected chi connectivity index (χ1v) is 11.2. The Morgan fingerprint density at radius 3 is 2.69 bits per heavy atom. The molecule has 0 amide bonds. The molecule has 4 heterocycles. The summed E-state index contributed by atoms with van der Waals surface area (Å²) in [6, 6.07) is 20.6. The Kier molecular flexibility index (Phi) is 5.07. The van der Waals surface area contributed by atoms with Gasteiger partial charge < -0.3 is 24.1 Å². The Morgan fingerprint density at radius 1 is 1.03 bits per heavy atom. The molecule has 0 saturated carbocycles. The van der Waals surface area contributed by atoms with Gasteiger partial charge in [-0.2, -0.15) is 0 Å². The number of ether oxygens (including phenoxy) is 2. The van der Waals surface area contributed by atoms with E-state index < -0.39 is 11.0 Å². The fourth-order valence-corrected chi connectivity index (χ4v) is 4.80. The minimum absolute atomic E-state index is 0.0256. The van der Waals surface area contributed by atoms with Crippen molar-refractivity contribution in [2.24, 2.45) is 0 Å². The third-order valence-corrected chi connectivity index (χ3v) is 6.33. The van der Waals surface area contributed by atoms with E-state index in [0.29, 0.717) is 33.7 Å². The summed E-state index contributed by atoms with van der Waals surface area (Å²) in [5, 5.41) is 15.4. The fraction of sp³-hybridized carbons (Fsp3) is 0.120. The average molecular weight is 487 g/mol. The van der Waals surface area contributed by atoms with E-state index in [1.807, 2.05) is 47.4 Å². The topological polar surface area (TPSA) is 103 Å². The second-order valence-electron chi connectivity index (χ2n) is 8.01. The number of aromatic nitrogens is 1. The molecule has 2 aromatic carbocycles. The molecule has 1 N–H and O–H groups in total. The van der Waals surface area contributed by atoms with E-state index in [1.165, 1.54) is 6.07 Å². The summed E-state index contributed by atoms with van der Waals surface area (Å²) in [5.74, 6) is 2.28. The maximum Gasteiger partial charge on any atom is 0.280 e. The average Bonchev–Trinajstić information content (AvgIpc) is 3.62. The molecule has 4 aromatic rings. The van der Waals surface area contributed by atoms with Crippen LogP contribution in [0.3, 0.4) is 0 Å². The van der Waals surface area contributed by atoms with Crippen LogP contribution in [0, 0.1) is 10.1 Å². The van der Waals surface area contributed by atoms with Gasteiger partial charge in [0, 0.05) is 24.0 Å². The van der Waals surface area contributed by atoms with Gasteiger partial charge >= 0.3 is 0 Å². The van der Waals surface area contributed by atoms with E-state index >= 15 is 0 Å². The van der Waals surface area contributed by atoms with Crippen LogP contribution in [0.2, 0.25) is 0 Å². The van der Waals surface area contributed by atoms with Crippen LogP contribution in [0.5, 0.6) is 11.5 Å². The number of anilines is 1. The van der Waals surface area contributed by atoms with E-state index in [4.69, 9.17) is 26.1 Å². The normalized spacial score (nSPS) is 18.5. The molecule has 0 radical (unpaired) electrons. The number of fused-ring (bicyclic) bond motifs is 1. The number of thiocarbonyl (C=S) groups is 1. The van der Waals surface area contributed by atoms with Gasteiger partial charge in [0.15, 0.2) is 16.6 Å². The third-order valence-electron chi connectivity index (χ3n) is 6.02. The lowest BCUT2D eigenvalue weighted by molar-refractivity contribution is -0.384. The van der Waals surface area contributed by atoms with Crippen molar-refractivity contribution in [3.63, 3.8) is 0 Å². The van der Waals surface area contributed by atoms with Crippen LogP contribution in [-0.2, 0) is 0 Å². The van der Waals surface area contributed by atoms with Gasteiger partial charge in [0.1, 0.15) is 17.6 Å². The molecular weight excluding hydrogens is 468 g/mol. The van der Waals surface area contributed by atoms with Gasteiger partial charge in [0.2, 0.25) is 6.79 Å². The number of pyridine rings is 1. The number of benzene rings is 2. The highest BCUT2D eigenvalue weighted by atomic mass is 32.1. The molecule has 1 saturated heterocycles. The summed E-state index contributed by atoms with van der Waals surface area (Å²) >= 11 is 5.74. The summed E-state index contributed by atoms with van der Waals surface area (Å²) in [6.07, 6.45) is 1.72. The summed E-state index contributed by atoms with van der Waals surface area (Å²) in [6.45, 7) is 0.166. The Labute approximate surface area is 205 Å². The van der Waals surface area contributed by atoms with Gasteiger partial charge in [-0.05, 0) is 54.7 Å². The van der Waals surface area contributed by atoms with Crippen molar-refractivity contribution in [2.75, 3.05) is 11.7 Å². The number of furan rings is 1. The molecule has 1 fully saturated rings. The van der Waals surface area contributed by atoms with E-state index in [0.717, 1.165) is 11.4 Å². The van der Waals surface area contributed by atoms with Gasteiger partial charge in [0.05, 0.1) is 22.2 Å². The molecular formula is C25H18N4O5S. The Balaban J connectivity index is 1.46. The summed E-state index contributed by atoms with van der Waals surface area (Å²) in [4.78, 5) is 17.6. The monoisotopic (exact) mass is 486 g/mol. The molecule has 10 heteroatoms. The van der Waals surface area contributed by atoms with Gasteiger partial charge in [-0.15, -0.1) is 0 Å². The van der Waals surface area contributed by atoms with Crippen molar-refractivity contribution in [1.29, 1.82) is 0 Å². The second-order valence-corrected chi connectivity index (χ2v) is 8.40. The zero-order chi connectivity index (χ0) is 23.9. The minimum atomic E-state index is -0.417. The maximum atomic E-state index is 11.6. The molecule has 174 valence electrons. The summed E-state index contributed by atoms with van der Waals surface area (Å²) < 4.78 is 17.3. The zero-order valence-corrected chi connectivity index (χ0v) is 19.0. The molecule has 2 aliphatic rings. The SMILES string of the molecule is O=[N+]([O-])c1ccccc1-c1ccc([C@H]2[C@@H](c3ccccn3)NC(=S)N2c2ccc3c(c2)OCO3)o1. The molecule has 0 unspecified atom stereocenters. The van der Waals surface area contributed by atoms with Gasteiger partial charge in [-0.3, -0.25) is 15.1 Å². The van der Waals surface area contributed by atoms with Crippen molar-refractivity contribution in [3.8, 4) is 22.8 Å². The van der Waals surface area contributed by atoms with Crippen molar-refractivity contribution >= 4 is 28.7 Å². The Bertz CT molecular complexity index is 1440. The third kappa shape index (κ3) is 3.64. The molecule has 2 aromatic heterocycles. The first-order valence-electron chi connectivity index (χ1n) is 10.8. The number of nitro groups is 1. The molecule has 9 nitrogen and oxygen atoms in total. The molecule has 2 atom stereocenters. The molecule has 0 bridgehead atoms. The molecule has 0 spiro atoms. The molecule has 35 heavy (non-hydrogen) atoms. The van der Waals surface area contributed by atoms with Crippen LogP contribution in [0.1, 0.15) is 23.5 Å². The van der Waals surface area contributed by atoms with Crippen LogP contribution < -0.4 is 19.7 Å². The lowest BCUT2D eigenvalue weighted by atomic mass is 10.0. The summed E-state index contributed by atoms with van der Waals surface area (Å²) in [5.41, 5.74) is 1.95. The number of para-hydroxylation sites is 1. The smallest absolute Gasteiger partial charge is 0.280 e. The Morgan fingerprint density at radius 2 is 1.86 bits per heavy atom. The van der Waals surface area contributed by atoms with Crippen molar-refractivity contribution < 1.29 is 18.8 Å². The highest BCUT2D eigenvalue weighted by Crippen LogP contribution is 2.45. The first kappa shape index (κ1) is 21.1. The number of hydrogen-bond acceptors (Lipinski definition) is 7. The predicted molar refractivity (Wildman–Crippen MR) is 131 cm³/mol. The van der Waals surface area contributed by atoms with Crippen LogP contribution >= 0.6 is 12.2 Å². The minimum Gasteiger partial charge on any atom is -0.459 e. The predicted octanol–water partition coefficient (Wildman–Crippen LogP) is 5.16. The van der Waals surface area contributed by atoms with E-state index in [9.17, 15) is 10.1 Å². The standard InChI is InChI=1S/C25H18N4O5S/c30-29(31)18-7-2-1-5-16(18)19-10-11-21(34-19)24-23(17-6-3-4-12-26-17)27-25(35)28(24)15-8-9-20-22(13-15)33-14-32-20/h1-13,23-24H,14H2,(H,27,35)/t23-,24+/m1/s1. The van der Waals surface area contributed by atoms with E-state index in [2.05, 4.69) is 10.3 Å². The maximum absolute atomic E-state index is 11.6. The highest BCUT2D eigenvalue weighted by molar-refractivity contribution is 7.80. The first-order chi connectivity index (χ1) is 17.1. The fourth-order valence-electron chi connectivity index (χ4n) is 4.45. The lowest BCUT2D eigenvalue weighted by Crippen LogP contribution is -2.29. The molecule has 6 rings (SSSR count). The lowest BCUT2D eigenvalue weighted by Gasteiger charge is -2.26. The molecule has 2 aliphatic heterocycles. The summed E-state index contributed by atoms with van der Waals surface area (Å²) in [7, 11) is 0. The number of hydrogen-bond donors (Lipinski definition) is 1. The van der Waals surface area contributed by atoms with E-state index in [1.54, 1.807) is 30.5 Å². The Hall–Kier alpha value is -4.44.